The summed E-state index contributed by atoms with van der Waals surface area (Å²) in [6.45, 7) is 7.18. The average Bonchev–Trinajstić information content (AvgIpc) is 2.43. The smallest absolute Gasteiger partial charge is 0.410 e. The van der Waals surface area contributed by atoms with Crippen molar-refractivity contribution in [1.82, 2.24) is 9.80 Å². The molecule has 1 amide bonds. The van der Waals surface area contributed by atoms with Gasteiger partial charge in [0.2, 0.25) is 0 Å². The van der Waals surface area contributed by atoms with Crippen LogP contribution in [0.5, 0.6) is 0 Å². The standard InChI is InChI=1S/C14H24N2O4/c1-4-8-20-14(19)15(3)12-6-5-7-16(10-12)11(2)9-13(17)18/h4,11-12H,1,5-10H2,2-3H3,(H,17,18). The SMILES string of the molecule is C=CCOC(=O)N(C)C1CCCN(C(C)CC(=O)O)C1. The van der Waals surface area contributed by atoms with E-state index in [9.17, 15) is 9.59 Å². The van der Waals surface area contributed by atoms with Gasteiger partial charge in [-0.25, -0.2) is 4.79 Å². The van der Waals surface area contributed by atoms with Crippen molar-refractivity contribution >= 4 is 12.1 Å². The molecule has 0 saturated carbocycles. The number of rotatable bonds is 6. The van der Waals surface area contributed by atoms with Gasteiger partial charge in [-0.05, 0) is 26.3 Å². The second-order valence-electron chi connectivity index (χ2n) is 5.21. The quantitative estimate of drug-likeness (QED) is 0.750. The molecule has 20 heavy (non-hydrogen) atoms. The first-order valence-corrected chi connectivity index (χ1v) is 6.92. The zero-order chi connectivity index (χ0) is 15.1. The van der Waals surface area contributed by atoms with Crippen LogP contribution >= 0.6 is 0 Å². The number of likely N-dealkylation sites (N-methyl/N-ethyl adjacent to an activating group) is 1. The summed E-state index contributed by atoms with van der Waals surface area (Å²) in [5.41, 5.74) is 0. The molecular weight excluding hydrogens is 260 g/mol. The van der Waals surface area contributed by atoms with E-state index in [0.29, 0.717) is 6.54 Å². The Morgan fingerprint density at radius 3 is 2.90 bits per heavy atom. The number of carbonyl (C=O) groups is 2. The molecule has 2 unspecified atom stereocenters. The van der Waals surface area contributed by atoms with Crippen LogP contribution < -0.4 is 0 Å². The number of aliphatic carboxylic acids is 1. The van der Waals surface area contributed by atoms with Crippen molar-refractivity contribution in [2.24, 2.45) is 0 Å². The number of carbonyl (C=O) groups excluding carboxylic acids is 1. The average molecular weight is 284 g/mol. The minimum atomic E-state index is -0.793. The molecule has 1 aliphatic rings. The molecule has 6 heteroatoms. The minimum Gasteiger partial charge on any atom is -0.481 e. The fraction of sp³-hybridized carbons (Fsp3) is 0.714. The van der Waals surface area contributed by atoms with Crippen molar-refractivity contribution in [2.75, 3.05) is 26.7 Å². The van der Waals surface area contributed by atoms with E-state index in [0.717, 1.165) is 19.4 Å². The number of amides is 1. The Kier molecular flexibility index (Phi) is 6.51. The Labute approximate surface area is 120 Å². The van der Waals surface area contributed by atoms with Crippen LogP contribution in [0.2, 0.25) is 0 Å². The minimum absolute atomic E-state index is 0.0205. The monoisotopic (exact) mass is 284 g/mol. The molecule has 0 aromatic heterocycles. The van der Waals surface area contributed by atoms with Crippen LogP contribution in [0.1, 0.15) is 26.2 Å². The van der Waals surface area contributed by atoms with E-state index in [4.69, 9.17) is 9.84 Å². The normalized spacial score (nSPS) is 21.0. The van der Waals surface area contributed by atoms with Crippen molar-refractivity contribution in [1.29, 1.82) is 0 Å². The summed E-state index contributed by atoms with van der Waals surface area (Å²) in [7, 11) is 1.72. The molecule has 1 saturated heterocycles. The van der Waals surface area contributed by atoms with E-state index in [1.165, 1.54) is 6.08 Å². The summed E-state index contributed by atoms with van der Waals surface area (Å²) in [4.78, 5) is 26.3. The molecule has 0 aromatic carbocycles. The molecule has 6 nitrogen and oxygen atoms in total. The molecule has 114 valence electrons. The van der Waals surface area contributed by atoms with E-state index in [2.05, 4.69) is 11.5 Å². The van der Waals surface area contributed by atoms with Crippen LogP contribution in [-0.2, 0) is 9.53 Å². The Morgan fingerprint density at radius 2 is 2.30 bits per heavy atom. The number of ether oxygens (including phenoxy) is 1. The molecular formula is C14H24N2O4. The van der Waals surface area contributed by atoms with E-state index in [1.54, 1.807) is 11.9 Å². The van der Waals surface area contributed by atoms with Gasteiger partial charge in [-0.3, -0.25) is 9.69 Å². The van der Waals surface area contributed by atoms with E-state index >= 15 is 0 Å². The molecule has 1 aliphatic heterocycles. The summed E-state index contributed by atoms with van der Waals surface area (Å²) in [6.07, 6.45) is 3.16. The topological polar surface area (TPSA) is 70.1 Å². The third-order valence-corrected chi connectivity index (χ3v) is 3.68. The van der Waals surface area contributed by atoms with Crippen LogP contribution in [-0.4, -0.2) is 65.8 Å². The van der Waals surface area contributed by atoms with Crippen molar-refractivity contribution in [2.45, 2.75) is 38.3 Å². The first kappa shape index (κ1) is 16.5. The molecule has 0 bridgehead atoms. The Bertz CT molecular complexity index is 359. The van der Waals surface area contributed by atoms with Crippen LogP contribution in [0, 0.1) is 0 Å². The summed E-state index contributed by atoms with van der Waals surface area (Å²) in [6, 6.07) is 0.0465. The molecule has 0 radical (unpaired) electrons. The molecule has 0 spiro atoms. The predicted molar refractivity (Wildman–Crippen MR) is 75.6 cm³/mol. The van der Waals surface area contributed by atoms with Gasteiger partial charge in [-0.2, -0.15) is 0 Å². The summed E-state index contributed by atoms with van der Waals surface area (Å²) in [5.74, 6) is -0.793. The van der Waals surface area contributed by atoms with Crippen LogP contribution in [0.4, 0.5) is 4.79 Å². The lowest BCUT2D eigenvalue weighted by atomic mass is 10.0. The zero-order valence-electron chi connectivity index (χ0n) is 12.2. The Balaban J connectivity index is 2.52. The third kappa shape index (κ3) is 4.85. The molecule has 2 atom stereocenters. The lowest BCUT2D eigenvalue weighted by molar-refractivity contribution is -0.138. The number of piperidine rings is 1. The highest BCUT2D eigenvalue weighted by Crippen LogP contribution is 2.18. The van der Waals surface area contributed by atoms with Crippen molar-refractivity contribution in [3.8, 4) is 0 Å². The number of likely N-dealkylation sites (tertiary alicyclic amines) is 1. The van der Waals surface area contributed by atoms with E-state index < -0.39 is 5.97 Å². The van der Waals surface area contributed by atoms with Gasteiger partial charge in [0.1, 0.15) is 6.61 Å². The van der Waals surface area contributed by atoms with Gasteiger partial charge >= 0.3 is 12.1 Å². The molecule has 1 fully saturated rings. The largest absolute Gasteiger partial charge is 0.481 e. The first-order valence-electron chi connectivity index (χ1n) is 6.92. The van der Waals surface area contributed by atoms with Gasteiger partial charge in [0.15, 0.2) is 0 Å². The Morgan fingerprint density at radius 1 is 1.60 bits per heavy atom. The highest BCUT2D eigenvalue weighted by molar-refractivity contribution is 5.68. The van der Waals surface area contributed by atoms with E-state index in [1.807, 2.05) is 6.92 Å². The maximum Gasteiger partial charge on any atom is 0.410 e. The number of carboxylic acids is 1. The molecule has 0 aromatic rings. The van der Waals surface area contributed by atoms with Gasteiger partial charge < -0.3 is 14.7 Å². The van der Waals surface area contributed by atoms with Crippen molar-refractivity contribution in [3.05, 3.63) is 12.7 Å². The lowest BCUT2D eigenvalue weighted by Crippen LogP contribution is -2.51. The highest BCUT2D eigenvalue weighted by Gasteiger charge is 2.29. The van der Waals surface area contributed by atoms with Crippen LogP contribution in [0.3, 0.4) is 0 Å². The molecule has 1 N–H and O–H groups in total. The van der Waals surface area contributed by atoms with Crippen LogP contribution in [0.15, 0.2) is 12.7 Å². The summed E-state index contributed by atoms with van der Waals surface area (Å²) >= 11 is 0. The van der Waals surface area contributed by atoms with Gasteiger partial charge in [-0.15, -0.1) is 0 Å². The maximum absolute atomic E-state index is 11.8. The lowest BCUT2D eigenvalue weighted by Gasteiger charge is -2.39. The number of hydrogen-bond donors (Lipinski definition) is 1. The van der Waals surface area contributed by atoms with Gasteiger partial charge in [0.25, 0.3) is 0 Å². The fourth-order valence-electron chi connectivity index (χ4n) is 2.46. The van der Waals surface area contributed by atoms with Gasteiger partial charge in [-0.1, -0.05) is 12.7 Å². The zero-order valence-corrected chi connectivity index (χ0v) is 12.2. The van der Waals surface area contributed by atoms with Crippen molar-refractivity contribution < 1.29 is 19.4 Å². The second kappa shape index (κ2) is 7.89. The second-order valence-corrected chi connectivity index (χ2v) is 5.21. The van der Waals surface area contributed by atoms with Crippen LogP contribution in [0.25, 0.3) is 0 Å². The third-order valence-electron chi connectivity index (χ3n) is 3.68. The summed E-state index contributed by atoms with van der Waals surface area (Å²) < 4.78 is 5.02. The highest BCUT2D eigenvalue weighted by atomic mass is 16.6. The van der Waals surface area contributed by atoms with Crippen molar-refractivity contribution in [3.63, 3.8) is 0 Å². The van der Waals surface area contributed by atoms with Gasteiger partial charge in [0.05, 0.1) is 6.42 Å². The molecule has 0 aliphatic carbocycles. The number of hydrogen-bond acceptors (Lipinski definition) is 4. The first-order chi connectivity index (χ1) is 9.45. The number of carboxylic acid groups (broad SMARTS) is 1. The fourth-order valence-corrected chi connectivity index (χ4v) is 2.46. The number of nitrogens with zero attached hydrogens (tertiary/aromatic N) is 2. The maximum atomic E-state index is 11.8. The summed E-state index contributed by atoms with van der Waals surface area (Å²) in [5, 5.41) is 8.85. The molecule has 1 rings (SSSR count). The Hall–Kier alpha value is -1.56. The van der Waals surface area contributed by atoms with E-state index in [-0.39, 0.29) is 31.2 Å². The van der Waals surface area contributed by atoms with Gasteiger partial charge in [0, 0.05) is 25.7 Å². The molecule has 1 heterocycles. The predicted octanol–water partition coefficient (Wildman–Crippen LogP) is 1.57.